The van der Waals surface area contributed by atoms with Crippen LogP contribution in [0.4, 0.5) is 4.39 Å². The Labute approximate surface area is 91.9 Å². The summed E-state index contributed by atoms with van der Waals surface area (Å²) in [5.74, 6) is -1.39. The highest BCUT2D eigenvalue weighted by atomic mass is 32.1. The monoisotopic (exact) mass is 225 g/mol. The molecule has 0 atom stereocenters. The molecule has 0 radical (unpaired) electrons. The predicted octanol–water partition coefficient (Wildman–Crippen LogP) is 2.16. The molecule has 0 unspecified atom stereocenters. The normalized spacial score (nSPS) is 9.47. The Bertz CT molecular complexity index is 440. The summed E-state index contributed by atoms with van der Waals surface area (Å²) >= 11 is 3.84. The first-order valence-electron chi connectivity index (χ1n) is 4.19. The largest absolute Gasteiger partial charge is 0.462 e. The average Bonchev–Trinajstić information content (AvgIpc) is 2.22. The standard InChI is InChI=1S/C10H8FNO2S/c1-2-14-10(13)7-3-6(5-12)4-8(11)9(7)15/h3-4,15H,2H2,1H3. The molecule has 0 aliphatic heterocycles. The van der Waals surface area contributed by atoms with Gasteiger partial charge in [-0.3, -0.25) is 0 Å². The van der Waals surface area contributed by atoms with Gasteiger partial charge in [0.1, 0.15) is 5.82 Å². The first-order chi connectivity index (χ1) is 7.10. The van der Waals surface area contributed by atoms with E-state index in [1.54, 1.807) is 13.0 Å². The summed E-state index contributed by atoms with van der Waals surface area (Å²) in [4.78, 5) is 11.2. The number of carbonyl (C=O) groups excluding carboxylic acids is 1. The van der Waals surface area contributed by atoms with Crippen molar-refractivity contribution in [3.63, 3.8) is 0 Å². The minimum absolute atomic E-state index is 0.0308. The molecule has 0 fully saturated rings. The van der Waals surface area contributed by atoms with Crippen LogP contribution in [0.15, 0.2) is 17.0 Å². The van der Waals surface area contributed by atoms with Gasteiger partial charge in [0, 0.05) is 0 Å². The average molecular weight is 225 g/mol. The number of carbonyl (C=O) groups is 1. The van der Waals surface area contributed by atoms with E-state index in [-0.39, 0.29) is 22.6 Å². The molecule has 0 spiro atoms. The number of benzene rings is 1. The number of hydrogen-bond acceptors (Lipinski definition) is 4. The van der Waals surface area contributed by atoms with Crippen molar-refractivity contribution in [1.29, 1.82) is 5.26 Å². The number of ether oxygens (including phenoxy) is 1. The maximum atomic E-state index is 13.2. The zero-order chi connectivity index (χ0) is 11.4. The fourth-order valence-corrected chi connectivity index (χ4v) is 1.25. The van der Waals surface area contributed by atoms with Crippen LogP contribution >= 0.6 is 12.6 Å². The summed E-state index contributed by atoms with van der Waals surface area (Å²) in [5.41, 5.74) is 0.0325. The Hall–Kier alpha value is -1.54. The van der Waals surface area contributed by atoms with Gasteiger partial charge in [0.25, 0.3) is 0 Å². The van der Waals surface area contributed by atoms with Crippen molar-refractivity contribution in [1.82, 2.24) is 0 Å². The second-order valence-corrected chi connectivity index (χ2v) is 3.13. The van der Waals surface area contributed by atoms with Gasteiger partial charge in [0.15, 0.2) is 0 Å². The molecule has 15 heavy (non-hydrogen) atoms. The molecule has 3 nitrogen and oxygen atoms in total. The van der Waals surface area contributed by atoms with Crippen molar-refractivity contribution >= 4 is 18.6 Å². The molecule has 0 aromatic heterocycles. The van der Waals surface area contributed by atoms with E-state index in [1.807, 2.05) is 0 Å². The van der Waals surface area contributed by atoms with Crippen LogP contribution in [0, 0.1) is 17.1 Å². The summed E-state index contributed by atoms with van der Waals surface area (Å²) < 4.78 is 17.9. The van der Waals surface area contributed by atoms with E-state index < -0.39 is 11.8 Å². The quantitative estimate of drug-likeness (QED) is 0.619. The van der Waals surface area contributed by atoms with Gasteiger partial charge in [-0.15, -0.1) is 12.6 Å². The van der Waals surface area contributed by atoms with E-state index in [0.717, 1.165) is 6.07 Å². The maximum absolute atomic E-state index is 13.2. The van der Waals surface area contributed by atoms with Crippen LogP contribution < -0.4 is 0 Å². The lowest BCUT2D eigenvalue weighted by atomic mass is 10.1. The van der Waals surface area contributed by atoms with Crippen LogP contribution in [0.25, 0.3) is 0 Å². The number of hydrogen-bond donors (Lipinski definition) is 1. The molecule has 1 aromatic carbocycles. The van der Waals surface area contributed by atoms with Gasteiger partial charge >= 0.3 is 5.97 Å². The summed E-state index contributed by atoms with van der Waals surface area (Å²) in [5, 5.41) is 8.60. The lowest BCUT2D eigenvalue weighted by Gasteiger charge is -2.05. The molecule has 0 amide bonds. The van der Waals surface area contributed by atoms with Crippen LogP contribution in [-0.2, 0) is 4.74 Å². The molecule has 0 aliphatic rings. The van der Waals surface area contributed by atoms with E-state index in [9.17, 15) is 9.18 Å². The maximum Gasteiger partial charge on any atom is 0.339 e. The molecule has 1 rings (SSSR count). The van der Waals surface area contributed by atoms with Crippen LogP contribution in [0.2, 0.25) is 0 Å². The van der Waals surface area contributed by atoms with Crippen LogP contribution in [-0.4, -0.2) is 12.6 Å². The number of halogens is 1. The smallest absolute Gasteiger partial charge is 0.339 e. The number of esters is 1. The molecule has 1 aromatic rings. The highest BCUT2D eigenvalue weighted by Gasteiger charge is 2.15. The molecule has 0 bridgehead atoms. The summed E-state index contributed by atoms with van der Waals surface area (Å²) in [6.07, 6.45) is 0. The third-order valence-corrected chi connectivity index (χ3v) is 2.14. The third kappa shape index (κ3) is 2.48. The second kappa shape index (κ2) is 4.80. The van der Waals surface area contributed by atoms with Gasteiger partial charge in [0.2, 0.25) is 0 Å². The molecular weight excluding hydrogens is 217 g/mol. The molecule has 0 N–H and O–H groups in total. The van der Waals surface area contributed by atoms with Crippen molar-refractivity contribution in [2.24, 2.45) is 0 Å². The Kier molecular flexibility index (Phi) is 3.69. The van der Waals surface area contributed by atoms with E-state index in [2.05, 4.69) is 12.6 Å². The van der Waals surface area contributed by atoms with Crippen LogP contribution in [0.3, 0.4) is 0 Å². The van der Waals surface area contributed by atoms with Gasteiger partial charge in [-0.25, -0.2) is 9.18 Å². The first kappa shape index (κ1) is 11.5. The minimum Gasteiger partial charge on any atom is -0.462 e. The fraction of sp³-hybridized carbons (Fsp3) is 0.200. The van der Waals surface area contributed by atoms with E-state index in [4.69, 9.17) is 10.00 Å². The van der Waals surface area contributed by atoms with Crippen molar-refractivity contribution < 1.29 is 13.9 Å². The molecular formula is C10H8FNO2S. The Morgan fingerprint density at radius 2 is 2.33 bits per heavy atom. The molecule has 78 valence electrons. The Balaban J connectivity index is 3.23. The summed E-state index contributed by atoms with van der Waals surface area (Å²) in [7, 11) is 0. The highest BCUT2D eigenvalue weighted by molar-refractivity contribution is 7.80. The summed E-state index contributed by atoms with van der Waals surface area (Å²) in [6.45, 7) is 1.82. The van der Waals surface area contributed by atoms with E-state index in [0.29, 0.717) is 0 Å². The lowest BCUT2D eigenvalue weighted by molar-refractivity contribution is 0.0521. The fourth-order valence-electron chi connectivity index (χ4n) is 1.03. The van der Waals surface area contributed by atoms with Crippen molar-refractivity contribution in [3.8, 4) is 6.07 Å². The number of nitrogens with zero attached hydrogens (tertiary/aromatic N) is 1. The number of thiol groups is 1. The third-order valence-electron chi connectivity index (χ3n) is 1.69. The van der Waals surface area contributed by atoms with Gasteiger partial charge in [-0.1, -0.05) is 0 Å². The zero-order valence-corrected chi connectivity index (χ0v) is 8.85. The molecule has 0 heterocycles. The van der Waals surface area contributed by atoms with Crippen molar-refractivity contribution in [2.75, 3.05) is 6.61 Å². The predicted molar refractivity (Wildman–Crippen MR) is 54.3 cm³/mol. The molecule has 0 saturated carbocycles. The number of nitriles is 1. The highest BCUT2D eigenvalue weighted by Crippen LogP contribution is 2.20. The molecule has 0 saturated heterocycles. The van der Waals surface area contributed by atoms with Gasteiger partial charge in [0.05, 0.1) is 28.7 Å². The zero-order valence-electron chi connectivity index (χ0n) is 7.95. The lowest BCUT2D eigenvalue weighted by Crippen LogP contribution is -2.07. The van der Waals surface area contributed by atoms with Crippen molar-refractivity contribution in [3.05, 3.63) is 29.1 Å². The Morgan fingerprint density at radius 3 is 2.87 bits per heavy atom. The second-order valence-electron chi connectivity index (χ2n) is 2.69. The number of rotatable bonds is 2. The van der Waals surface area contributed by atoms with E-state index >= 15 is 0 Å². The van der Waals surface area contributed by atoms with Crippen LogP contribution in [0.1, 0.15) is 22.8 Å². The minimum atomic E-state index is -0.708. The topological polar surface area (TPSA) is 50.1 Å². The van der Waals surface area contributed by atoms with E-state index in [1.165, 1.54) is 6.07 Å². The summed E-state index contributed by atoms with van der Waals surface area (Å²) in [6, 6.07) is 4.02. The van der Waals surface area contributed by atoms with Gasteiger partial charge in [-0.05, 0) is 19.1 Å². The van der Waals surface area contributed by atoms with Gasteiger partial charge in [-0.2, -0.15) is 5.26 Å². The Morgan fingerprint density at radius 1 is 1.67 bits per heavy atom. The van der Waals surface area contributed by atoms with Gasteiger partial charge < -0.3 is 4.74 Å². The molecule has 0 aliphatic carbocycles. The first-order valence-corrected chi connectivity index (χ1v) is 4.64. The van der Waals surface area contributed by atoms with Crippen LogP contribution in [0.5, 0.6) is 0 Å². The van der Waals surface area contributed by atoms with Crippen molar-refractivity contribution in [2.45, 2.75) is 11.8 Å². The SMILES string of the molecule is CCOC(=O)c1cc(C#N)cc(F)c1S. The molecule has 5 heteroatoms.